The topological polar surface area (TPSA) is 63.2 Å². The molecule has 0 aliphatic rings. The van der Waals surface area contributed by atoms with Gasteiger partial charge in [0, 0.05) is 6.20 Å². The van der Waals surface area contributed by atoms with Gasteiger partial charge in [0.05, 0.1) is 0 Å². The second kappa shape index (κ2) is 7.35. The molecule has 1 N–H and O–H groups in total. The predicted octanol–water partition coefficient (Wildman–Crippen LogP) is 2.98. The number of carbonyl (C=O) groups is 1. The summed E-state index contributed by atoms with van der Waals surface area (Å²) >= 11 is 3.04. The van der Waals surface area contributed by atoms with E-state index in [4.69, 9.17) is 0 Å². The molecule has 0 fully saturated rings. The first-order chi connectivity index (χ1) is 10.1. The molecule has 0 spiro atoms. The highest BCUT2D eigenvalue weighted by atomic mass is 32.2. The molecule has 4 nitrogen and oxygen atoms in total. The summed E-state index contributed by atoms with van der Waals surface area (Å²) in [6.07, 6.45) is 5.85. The lowest BCUT2D eigenvalue weighted by molar-refractivity contribution is -0.112. The number of sulfonamides is 1. The number of ketones is 1. The molecule has 0 saturated carbocycles. The largest absolute Gasteiger partial charge is 0.294 e. The lowest BCUT2D eigenvalue weighted by Gasteiger charge is -2.00. The quantitative estimate of drug-likeness (QED) is 0.789. The van der Waals surface area contributed by atoms with Crippen LogP contribution in [0.1, 0.15) is 11.1 Å². The van der Waals surface area contributed by atoms with Crippen LogP contribution in [0.25, 0.3) is 12.2 Å². The van der Waals surface area contributed by atoms with E-state index < -0.39 is 21.6 Å². The molecule has 2 rings (SSSR count). The Morgan fingerprint density at radius 1 is 1.10 bits per heavy atom. The van der Waals surface area contributed by atoms with Crippen LogP contribution in [-0.2, 0) is 14.8 Å². The van der Waals surface area contributed by atoms with Crippen LogP contribution in [0.3, 0.4) is 0 Å². The number of nitrogens with one attached hydrogen (secondary N) is 1. The zero-order valence-electron chi connectivity index (χ0n) is 10.9. The molecule has 0 aliphatic carbocycles. The third-order valence-corrected chi connectivity index (χ3v) is 4.97. The smallest absolute Gasteiger partial charge is 0.239 e. The lowest BCUT2D eigenvalue weighted by Crippen LogP contribution is -2.25. The van der Waals surface area contributed by atoms with E-state index in [9.17, 15) is 13.2 Å². The maximum Gasteiger partial charge on any atom is 0.239 e. The van der Waals surface area contributed by atoms with Gasteiger partial charge in [-0.3, -0.25) is 9.52 Å². The van der Waals surface area contributed by atoms with Crippen LogP contribution >= 0.6 is 22.7 Å². The Bertz CT molecular complexity index is 727. The Morgan fingerprint density at radius 3 is 2.29 bits per heavy atom. The normalized spacial score (nSPS) is 12.2. The Labute approximate surface area is 131 Å². The van der Waals surface area contributed by atoms with Gasteiger partial charge in [-0.15, -0.1) is 0 Å². The van der Waals surface area contributed by atoms with Gasteiger partial charge in [0.2, 0.25) is 10.0 Å². The average molecular weight is 339 g/mol. The number of thiophene rings is 2. The van der Waals surface area contributed by atoms with E-state index in [0.717, 1.165) is 11.1 Å². The van der Waals surface area contributed by atoms with Gasteiger partial charge in [0.1, 0.15) is 5.75 Å². The summed E-state index contributed by atoms with van der Waals surface area (Å²) in [4.78, 5) is 11.6. The summed E-state index contributed by atoms with van der Waals surface area (Å²) in [7, 11) is -3.66. The van der Waals surface area contributed by atoms with Crippen LogP contribution in [0, 0.1) is 0 Å². The van der Waals surface area contributed by atoms with E-state index in [-0.39, 0.29) is 0 Å². The van der Waals surface area contributed by atoms with Crippen molar-refractivity contribution in [2.45, 2.75) is 0 Å². The van der Waals surface area contributed by atoms with E-state index >= 15 is 0 Å². The maximum atomic E-state index is 11.7. The second-order valence-corrected chi connectivity index (χ2v) is 7.44. The number of carbonyl (C=O) groups excluding carboxylic acids is 1. The molecule has 0 saturated heterocycles. The van der Waals surface area contributed by atoms with Gasteiger partial charge in [-0.25, -0.2) is 8.42 Å². The summed E-state index contributed by atoms with van der Waals surface area (Å²) in [5.41, 5.74) is 1.79. The fraction of sp³-hybridized carbons (Fsp3) is 0.0714. The van der Waals surface area contributed by atoms with Crippen LogP contribution in [0.4, 0.5) is 0 Å². The van der Waals surface area contributed by atoms with Crippen molar-refractivity contribution in [1.82, 2.24) is 4.72 Å². The zero-order valence-corrected chi connectivity index (χ0v) is 13.4. The number of hydrogen-bond donors (Lipinski definition) is 1. The summed E-state index contributed by atoms with van der Waals surface area (Å²) < 4.78 is 25.7. The molecule has 0 bridgehead atoms. The molecule has 110 valence electrons. The summed E-state index contributed by atoms with van der Waals surface area (Å²) in [5, 5.41) is 7.55. The maximum absolute atomic E-state index is 11.7. The summed E-state index contributed by atoms with van der Waals surface area (Å²) in [6.45, 7) is 0. The fourth-order valence-electron chi connectivity index (χ4n) is 1.44. The van der Waals surface area contributed by atoms with Gasteiger partial charge in [-0.1, -0.05) is 6.08 Å². The highest BCUT2D eigenvalue weighted by molar-refractivity contribution is 7.90. The highest BCUT2D eigenvalue weighted by Crippen LogP contribution is 2.08. The van der Waals surface area contributed by atoms with Gasteiger partial charge in [0.25, 0.3) is 0 Å². The van der Waals surface area contributed by atoms with Crippen molar-refractivity contribution in [2.75, 3.05) is 5.75 Å². The first-order valence-electron chi connectivity index (χ1n) is 5.97. The molecule has 0 amide bonds. The minimum absolute atomic E-state index is 0.461. The van der Waals surface area contributed by atoms with Crippen molar-refractivity contribution in [3.63, 3.8) is 0 Å². The SMILES string of the molecule is O=C(C=Cc1ccsc1)CS(=O)(=O)NC=Cc1ccsc1. The Hall–Kier alpha value is -1.70. The van der Waals surface area contributed by atoms with Gasteiger partial charge >= 0.3 is 0 Å². The average Bonchev–Trinajstić information content (AvgIpc) is 3.08. The van der Waals surface area contributed by atoms with Gasteiger partial charge < -0.3 is 0 Å². The molecule has 2 aromatic heterocycles. The van der Waals surface area contributed by atoms with Crippen molar-refractivity contribution >= 4 is 50.6 Å². The van der Waals surface area contributed by atoms with Crippen LogP contribution in [0.2, 0.25) is 0 Å². The van der Waals surface area contributed by atoms with Crippen molar-refractivity contribution in [1.29, 1.82) is 0 Å². The van der Waals surface area contributed by atoms with E-state index in [1.54, 1.807) is 12.2 Å². The third-order valence-electron chi connectivity index (χ3n) is 2.40. The van der Waals surface area contributed by atoms with Gasteiger partial charge in [-0.05, 0) is 56.9 Å². The molecule has 0 aromatic carbocycles. The molecule has 0 unspecified atom stereocenters. The number of rotatable bonds is 7. The molecule has 7 heteroatoms. The fourth-order valence-corrected chi connectivity index (χ4v) is 3.53. The van der Waals surface area contributed by atoms with Crippen molar-refractivity contribution in [2.24, 2.45) is 0 Å². The van der Waals surface area contributed by atoms with Gasteiger partial charge in [0.15, 0.2) is 5.78 Å². The Morgan fingerprint density at radius 2 is 1.71 bits per heavy atom. The van der Waals surface area contributed by atoms with Crippen molar-refractivity contribution in [3.8, 4) is 0 Å². The van der Waals surface area contributed by atoms with Crippen molar-refractivity contribution in [3.05, 3.63) is 57.1 Å². The third kappa shape index (κ3) is 5.66. The van der Waals surface area contributed by atoms with E-state index in [1.807, 2.05) is 33.7 Å². The molecule has 0 atom stereocenters. The lowest BCUT2D eigenvalue weighted by atomic mass is 10.3. The molecular weight excluding hydrogens is 326 g/mol. The molecule has 2 aromatic rings. The highest BCUT2D eigenvalue weighted by Gasteiger charge is 2.12. The van der Waals surface area contributed by atoms with Gasteiger partial charge in [-0.2, -0.15) is 22.7 Å². The monoisotopic (exact) mass is 339 g/mol. The van der Waals surface area contributed by atoms with E-state index in [0.29, 0.717) is 0 Å². The molecule has 0 radical (unpaired) electrons. The van der Waals surface area contributed by atoms with E-state index in [2.05, 4.69) is 4.72 Å². The van der Waals surface area contributed by atoms with Crippen LogP contribution in [0.15, 0.2) is 45.9 Å². The zero-order chi connectivity index (χ0) is 15.1. The van der Waals surface area contributed by atoms with Crippen LogP contribution in [-0.4, -0.2) is 20.0 Å². The molecular formula is C14H13NO3S3. The number of hydrogen-bond acceptors (Lipinski definition) is 5. The van der Waals surface area contributed by atoms with Crippen LogP contribution < -0.4 is 4.72 Å². The second-order valence-electron chi connectivity index (χ2n) is 4.12. The summed E-state index contributed by atoms with van der Waals surface area (Å²) in [6, 6.07) is 3.72. The van der Waals surface area contributed by atoms with Crippen LogP contribution in [0.5, 0.6) is 0 Å². The molecule has 0 aliphatic heterocycles. The minimum atomic E-state index is -3.66. The number of allylic oxidation sites excluding steroid dienone is 1. The summed E-state index contributed by atoms with van der Waals surface area (Å²) in [5.74, 6) is -1.03. The van der Waals surface area contributed by atoms with E-state index in [1.165, 1.54) is 34.9 Å². The predicted molar refractivity (Wildman–Crippen MR) is 88.6 cm³/mol. The first-order valence-corrected chi connectivity index (χ1v) is 9.51. The van der Waals surface area contributed by atoms with Crippen molar-refractivity contribution < 1.29 is 13.2 Å². The standard InChI is InChI=1S/C14H13NO3S3/c16-14(2-1-12-4-7-19-9-12)11-21(17,18)15-6-3-13-5-8-20-10-13/h1-10,15H,11H2. The Balaban J connectivity index is 1.87. The first kappa shape index (κ1) is 15.7. The Kier molecular flexibility index (Phi) is 5.49. The minimum Gasteiger partial charge on any atom is -0.294 e. The molecule has 21 heavy (non-hydrogen) atoms. The molecule has 2 heterocycles.